The highest BCUT2D eigenvalue weighted by Crippen LogP contribution is 2.30. The summed E-state index contributed by atoms with van der Waals surface area (Å²) in [5.41, 5.74) is 0.450. The number of likely N-dealkylation sites (tertiary alicyclic amines) is 1. The average Bonchev–Trinajstić information content (AvgIpc) is 2.93. The third kappa shape index (κ3) is 3.75. The highest BCUT2D eigenvalue weighted by atomic mass is 16.6. The SMILES string of the molecule is CN(C(=O)OC(C)(C)C)c1ccc(C2CCCN2C=O)cn1. The van der Waals surface area contributed by atoms with Crippen molar-refractivity contribution in [2.45, 2.75) is 45.3 Å². The highest BCUT2D eigenvalue weighted by Gasteiger charge is 2.25. The first kappa shape index (κ1) is 16.3. The van der Waals surface area contributed by atoms with Crippen LogP contribution < -0.4 is 4.90 Å². The molecule has 0 N–H and O–H groups in total. The van der Waals surface area contributed by atoms with Crippen molar-refractivity contribution in [2.75, 3.05) is 18.5 Å². The molecule has 0 bridgehead atoms. The first-order valence-electron chi connectivity index (χ1n) is 7.45. The Morgan fingerprint density at radius 1 is 1.45 bits per heavy atom. The van der Waals surface area contributed by atoms with Crippen LogP contribution in [0.1, 0.15) is 45.2 Å². The fraction of sp³-hybridized carbons (Fsp3) is 0.562. The van der Waals surface area contributed by atoms with Gasteiger partial charge in [-0.05, 0) is 45.2 Å². The molecule has 1 aromatic rings. The molecule has 1 saturated heterocycles. The monoisotopic (exact) mass is 305 g/mol. The molecule has 1 aromatic heterocycles. The number of rotatable bonds is 3. The van der Waals surface area contributed by atoms with Crippen LogP contribution in [0.25, 0.3) is 0 Å². The zero-order valence-electron chi connectivity index (χ0n) is 13.6. The molecular formula is C16H23N3O3. The molecular weight excluding hydrogens is 282 g/mol. The van der Waals surface area contributed by atoms with Gasteiger partial charge in [0.1, 0.15) is 11.4 Å². The third-order valence-electron chi connectivity index (χ3n) is 3.60. The van der Waals surface area contributed by atoms with Crippen molar-refractivity contribution in [3.05, 3.63) is 23.9 Å². The molecule has 1 atom stereocenters. The summed E-state index contributed by atoms with van der Waals surface area (Å²) in [6.45, 7) is 6.25. The molecule has 1 aliphatic rings. The number of nitrogens with zero attached hydrogens (tertiary/aromatic N) is 3. The number of pyridine rings is 1. The molecule has 1 aliphatic heterocycles. The number of hydrogen-bond donors (Lipinski definition) is 0. The van der Waals surface area contributed by atoms with Crippen LogP contribution in [0.5, 0.6) is 0 Å². The summed E-state index contributed by atoms with van der Waals surface area (Å²) in [5, 5.41) is 0. The molecule has 1 unspecified atom stereocenters. The predicted molar refractivity (Wildman–Crippen MR) is 83.6 cm³/mol. The van der Waals surface area contributed by atoms with E-state index >= 15 is 0 Å². The molecule has 120 valence electrons. The van der Waals surface area contributed by atoms with Gasteiger partial charge in [-0.1, -0.05) is 6.07 Å². The number of carbonyl (C=O) groups excluding carboxylic acids is 2. The van der Waals surface area contributed by atoms with Gasteiger partial charge in [0.15, 0.2) is 0 Å². The van der Waals surface area contributed by atoms with E-state index in [1.54, 1.807) is 24.2 Å². The first-order valence-corrected chi connectivity index (χ1v) is 7.45. The second-order valence-corrected chi connectivity index (χ2v) is 6.49. The Labute approximate surface area is 131 Å². The van der Waals surface area contributed by atoms with Gasteiger partial charge in [-0.2, -0.15) is 0 Å². The van der Waals surface area contributed by atoms with Crippen molar-refractivity contribution in [1.82, 2.24) is 9.88 Å². The number of amides is 2. The van der Waals surface area contributed by atoms with Crippen LogP contribution in [0.2, 0.25) is 0 Å². The lowest BCUT2D eigenvalue weighted by molar-refractivity contribution is -0.118. The standard InChI is InChI=1S/C16H23N3O3/c1-16(2,3)22-15(21)18(4)14-8-7-12(10-17-14)13-6-5-9-19(13)11-20/h7-8,10-11,13H,5-6,9H2,1-4H3. The van der Waals surface area contributed by atoms with E-state index in [4.69, 9.17) is 4.74 Å². The van der Waals surface area contributed by atoms with Gasteiger partial charge in [0.25, 0.3) is 0 Å². The van der Waals surface area contributed by atoms with E-state index in [0.717, 1.165) is 31.4 Å². The van der Waals surface area contributed by atoms with E-state index in [0.29, 0.717) is 5.82 Å². The Bertz CT molecular complexity index is 537. The summed E-state index contributed by atoms with van der Waals surface area (Å²) in [4.78, 5) is 30.5. The second kappa shape index (κ2) is 6.34. The maximum atomic E-state index is 12.0. The van der Waals surface area contributed by atoms with Gasteiger partial charge in [0.2, 0.25) is 6.41 Å². The Kier molecular flexibility index (Phi) is 4.68. The van der Waals surface area contributed by atoms with Crippen LogP contribution >= 0.6 is 0 Å². The van der Waals surface area contributed by atoms with Crippen LogP contribution in [0.3, 0.4) is 0 Å². The summed E-state index contributed by atoms with van der Waals surface area (Å²) >= 11 is 0. The minimum Gasteiger partial charge on any atom is -0.443 e. The fourth-order valence-corrected chi connectivity index (χ4v) is 2.49. The molecule has 0 radical (unpaired) electrons. The minimum atomic E-state index is -0.542. The van der Waals surface area contributed by atoms with Gasteiger partial charge >= 0.3 is 6.09 Å². The maximum absolute atomic E-state index is 12.0. The number of ether oxygens (including phenoxy) is 1. The Balaban J connectivity index is 2.08. The van der Waals surface area contributed by atoms with E-state index in [2.05, 4.69) is 4.98 Å². The molecule has 1 fully saturated rings. The summed E-state index contributed by atoms with van der Waals surface area (Å²) in [7, 11) is 1.63. The zero-order valence-corrected chi connectivity index (χ0v) is 13.6. The predicted octanol–water partition coefficient (Wildman–Crippen LogP) is 2.75. The van der Waals surface area contributed by atoms with Crippen LogP contribution in [0, 0.1) is 0 Å². The van der Waals surface area contributed by atoms with Crippen molar-refractivity contribution >= 4 is 18.3 Å². The topological polar surface area (TPSA) is 62.7 Å². The van der Waals surface area contributed by atoms with Crippen LogP contribution in [0.15, 0.2) is 18.3 Å². The molecule has 2 rings (SSSR count). The van der Waals surface area contributed by atoms with Crippen molar-refractivity contribution in [3.63, 3.8) is 0 Å². The Morgan fingerprint density at radius 3 is 2.73 bits per heavy atom. The van der Waals surface area contributed by atoms with Gasteiger partial charge in [0, 0.05) is 19.8 Å². The lowest BCUT2D eigenvalue weighted by Crippen LogP contribution is -2.34. The first-order chi connectivity index (χ1) is 10.3. The van der Waals surface area contributed by atoms with Crippen LogP contribution in [0.4, 0.5) is 10.6 Å². The van der Waals surface area contributed by atoms with E-state index in [1.165, 1.54) is 4.90 Å². The van der Waals surface area contributed by atoms with Crippen molar-refractivity contribution < 1.29 is 14.3 Å². The summed E-state index contributed by atoms with van der Waals surface area (Å²) < 4.78 is 5.31. The molecule has 0 spiro atoms. The molecule has 6 heteroatoms. The maximum Gasteiger partial charge on any atom is 0.415 e. The van der Waals surface area contributed by atoms with Gasteiger partial charge in [-0.15, -0.1) is 0 Å². The van der Waals surface area contributed by atoms with Crippen LogP contribution in [-0.2, 0) is 9.53 Å². The zero-order chi connectivity index (χ0) is 16.3. The number of aromatic nitrogens is 1. The summed E-state index contributed by atoms with van der Waals surface area (Å²) in [6, 6.07) is 3.78. The average molecular weight is 305 g/mol. The Morgan fingerprint density at radius 2 is 2.18 bits per heavy atom. The van der Waals surface area contributed by atoms with Gasteiger partial charge in [0.05, 0.1) is 6.04 Å². The van der Waals surface area contributed by atoms with Gasteiger partial charge in [-0.3, -0.25) is 9.69 Å². The second-order valence-electron chi connectivity index (χ2n) is 6.49. The number of hydrogen-bond acceptors (Lipinski definition) is 4. The lowest BCUT2D eigenvalue weighted by Gasteiger charge is -2.24. The smallest absolute Gasteiger partial charge is 0.415 e. The third-order valence-corrected chi connectivity index (χ3v) is 3.60. The molecule has 0 saturated carbocycles. The molecule has 2 amide bonds. The van der Waals surface area contributed by atoms with E-state index in [-0.39, 0.29) is 6.04 Å². The quantitative estimate of drug-likeness (QED) is 0.806. The van der Waals surface area contributed by atoms with E-state index in [1.807, 2.05) is 26.8 Å². The summed E-state index contributed by atoms with van der Waals surface area (Å²) in [5.74, 6) is 0.522. The molecule has 0 aromatic carbocycles. The van der Waals surface area contributed by atoms with Crippen molar-refractivity contribution in [1.29, 1.82) is 0 Å². The molecule has 22 heavy (non-hydrogen) atoms. The van der Waals surface area contributed by atoms with E-state index < -0.39 is 11.7 Å². The van der Waals surface area contributed by atoms with Crippen LogP contribution in [-0.4, -0.2) is 41.6 Å². The van der Waals surface area contributed by atoms with E-state index in [9.17, 15) is 9.59 Å². The van der Waals surface area contributed by atoms with Gasteiger partial charge in [-0.25, -0.2) is 9.78 Å². The van der Waals surface area contributed by atoms with Crippen molar-refractivity contribution in [2.24, 2.45) is 0 Å². The molecule has 2 heterocycles. The van der Waals surface area contributed by atoms with Crippen molar-refractivity contribution in [3.8, 4) is 0 Å². The normalized spacial score (nSPS) is 18.2. The lowest BCUT2D eigenvalue weighted by atomic mass is 10.1. The number of anilines is 1. The molecule has 6 nitrogen and oxygen atoms in total. The summed E-state index contributed by atoms with van der Waals surface area (Å²) in [6.07, 6.45) is 4.12. The molecule has 0 aliphatic carbocycles. The Hall–Kier alpha value is -2.11. The van der Waals surface area contributed by atoms with Gasteiger partial charge < -0.3 is 9.64 Å². The number of carbonyl (C=O) groups is 2. The highest BCUT2D eigenvalue weighted by molar-refractivity contribution is 5.85. The minimum absolute atomic E-state index is 0.0888. The largest absolute Gasteiger partial charge is 0.443 e. The fourth-order valence-electron chi connectivity index (χ4n) is 2.49.